The normalized spacial score (nSPS) is 12.6. The molecule has 1 aromatic rings. The van der Waals surface area contributed by atoms with Crippen molar-refractivity contribution in [3.63, 3.8) is 0 Å². The van der Waals surface area contributed by atoms with Gasteiger partial charge in [-0.25, -0.2) is 4.79 Å². The Morgan fingerprint density at radius 3 is 2.47 bits per heavy atom. The Morgan fingerprint density at radius 2 is 2.00 bits per heavy atom. The molecule has 17 heavy (non-hydrogen) atoms. The fraction of sp³-hybridized carbons (Fsp3) is 0.615. The molecule has 0 bridgehead atoms. The Morgan fingerprint density at radius 1 is 1.41 bits per heavy atom. The molecule has 1 aromatic heterocycles. The highest BCUT2D eigenvalue weighted by Crippen LogP contribution is 2.23. The minimum atomic E-state index is -0.258. The molecule has 0 saturated heterocycles. The van der Waals surface area contributed by atoms with Gasteiger partial charge in [0.05, 0.1) is 12.7 Å². The molecule has 0 amide bonds. The van der Waals surface area contributed by atoms with Crippen molar-refractivity contribution in [2.75, 3.05) is 7.11 Å². The highest BCUT2D eigenvalue weighted by Gasteiger charge is 2.21. The second kappa shape index (κ2) is 5.36. The van der Waals surface area contributed by atoms with Crippen molar-refractivity contribution in [2.24, 2.45) is 12.8 Å². The number of hydrogen-bond acceptors (Lipinski definition) is 3. The number of methoxy groups -OCH3 is 1. The Bertz CT molecular complexity index is 420. The number of esters is 1. The second-order valence-electron chi connectivity index (χ2n) is 4.59. The zero-order valence-electron chi connectivity index (χ0n) is 11.3. The Kier molecular flexibility index (Phi) is 4.34. The lowest BCUT2D eigenvalue weighted by Crippen LogP contribution is -2.16. The first kappa shape index (κ1) is 13.8. The first-order chi connectivity index (χ1) is 7.90. The van der Waals surface area contributed by atoms with E-state index in [4.69, 9.17) is 10.5 Å². The van der Waals surface area contributed by atoms with Crippen LogP contribution in [0.2, 0.25) is 0 Å². The number of hydrogen-bond donors (Lipinski definition) is 1. The van der Waals surface area contributed by atoms with Gasteiger partial charge in [-0.3, -0.25) is 0 Å². The lowest BCUT2D eigenvalue weighted by molar-refractivity contribution is 0.0598. The summed E-state index contributed by atoms with van der Waals surface area (Å²) < 4.78 is 6.88. The van der Waals surface area contributed by atoms with Gasteiger partial charge in [0.1, 0.15) is 0 Å². The summed E-state index contributed by atoms with van der Waals surface area (Å²) in [5.74, 6) is -0.258. The molecule has 1 atom stereocenters. The molecule has 0 radical (unpaired) electrons. The molecule has 1 heterocycles. The summed E-state index contributed by atoms with van der Waals surface area (Å²) in [6.07, 6.45) is 1.68. The van der Waals surface area contributed by atoms with E-state index in [1.54, 1.807) is 0 Å². The zero-order chi connectivity index (χ0) is 13.2. The van der Waals surface area contributed by atoms with E-state index in [1.807, 2.05) is 32.4 Å². The van der Waals surface area contributed by atoms with Gasteiger partial charge in [0.15, 0.2) is 0 Å². The fourth-order valence-electron chi connectivity index (χ4n) is 2.07. The van der Waals surface area contributed by atoms with Gasteiger partial charge in [0, 0.05) is 24.5 Å². The summed E-state index contributed by atoms with van der Waals surface area (Å²) in [5, 5.41) is 0. The van der Waals surface area contributed by atoms with Crippen molar-refractivity contribution in [2.45, 2.75) is 39.7 Å². The molecule has 1 rings (SSSR count). The van der Waals surface area contributed by atoms with Crippen LogP contribution < -0.4 is 5.73 Å². The number of ether oxygens (including phenoxy) is 1. The lowest BCUT2D eigenvalue weighted by atomic mass is 10.0. The molecular formula is C13H22N2O2. The van der Waals surface area contributed by atoms with Crippen molar-refractivity contribution >= 4 is 5.97 Å². The first-order valence-corrected chi connectivity index (χ1v) is 5.88. The van der Waals surface area contributed by atoms with Gasteiger partial charge in [-0.15, -0.1) is 0 Å². The lowest BCUT2D eigenvalue weighted by Gasteiger charge is -2.07. The van der Waals surface area contributed by atoms with Crippen molar-refractivity contribution in [3.8, 4) is 0 Å². The van der Waals surface area contributed by atoms with E-state index in [0.717, 1.165) is 29.8 Å². The number of nitrogens with zero attached hydrogens (tertiary/aromatic N) is 1. The van der Waals surface area contributed by atoms with Crippen LogP contribution in [0.25, 0.3) is 0 Å². The van der Waals surface area contributed by atoms with Gasteiger partial charge in [-0.2, -0.15) is 0 Å². The zero-order valence-corrected chi connectivity index (χ0v) is 11.3. The minimum absolute atomic E-state index is 0.139. The van der Waals surface area contributed by atoms with Gasteiger partial charge in [-0.1, -0.05) is 0 Å². The van der Waals surface area contributed by atoms with Gasteiger partial charge in [0.2, 0.25) is 0 Å². The SMILES string of the molecule is COC(=O)c1c(CC[C@@H](C)N)c(C)n(C)c1C. The van der Waals surface area contributed by atoms with E-state index in [0.29, 0.717) is 5.56 Å². The molecule has 0 unspecified atom stereocenters. The van der Waals surface area contributed by atoms with E-state index in [2.05, 4.69) is 0 Å². The fourth-order valence-corrected chi connectivity index (χ4v) is 2.07. The maximum atomic E-state index is 11.8. The van der Waals surface area contributed by atoms with E-state index in [-0.39, 0.29) is 12.0 Å². The summed E-state index contributed by atoms with van der Waals surface area (Å²) in [6.45, 7) is 5.94. The predicted molar refractivity (Wildman–Crippen MR) is 68.2 cm³/mol. The van der Waals surface area contributed by atoms with Crippen LogP contribution in [0.15, 0.2) is 0 Å². The van der Waals surface area contributed by atoms with Crippen LogP contribution in [0.4, 0.5) is 0 Å². The molecule has 0 fully saturated rings. The highest BCUT2D eigenvalue weighted by atomic mass is 16.5. The van der Waals surface area contributed by atoms with Crippen LogP contribution in [0.3, 0.4) is 0 Å². The highest BCUT2D eigenvalue weighted by molar-refractivity contribution is 5.93. The maximum absolute atomic E-state index is 11.8. The van der Waals surface area contributed by atoms with Crippen molar-refractivity contribution in [3.05, 3.63) is 22.5 Å². The number of nitrogens with two attached hydrogens (primary N) is 1. The summed E-state index contributed by atoms with van der Waals surface area (Å²) in [4.78, 5) is 11.8. The standard InChI is InChI=1S/C13H22N2O2/c1-8(14)6-7-11-9(2)15(4)10(3)12(11)13(16)17-5/h8H,6-7,14H2,1-5H3/t8-/m1/s1. The molecule has 0 aliphatic rings. The van der Waals surface area contributed by atoms with Gasteiger partial charge in [-0.05, 0) is 39.2 Å². The number of carbonyl (C=O) groups excluding carboxylic acids is 1. The molecule has 96 valence electrons. The molecule has 0 aliphatic heterocycles. The van der Waals surface area contributed by atoms with Crippen molar-refractivity contribution in [1.29, 1.82) is 0 Å². The summed E-state index contributed by atoms with van der Waals surface area (Å²) in [7, 11) is 3.38. The molecule has 4 nitrogen and oxygen atoms in total. The van der Waals surface area contributed by atoms with Crippen LogP contribution >= 0.6 is 0 Å². The second-order valence-corrected chi connectivity index (χ2v) is 4.59. The van der Waals surface area contributed by atoms with E-state index >= 15 is 0 Å². The average molecular weight is 238 g/mol. The van der Waals surface area contributed by atoms with Crippen molar-refractivity contribution < 1.29 is 9.53 Å². The van der Waals surface area contributed by atoms with E-state index < -0.39 is 0 Å². The molecular weight excluding hydrogens is 216 g/mol. The first-order valence-electron chi connectivity index (χ1n) is 5.88. The van der Waals surface area contributed by atoms with E-state index in [1.165, 1.54) is 7.11 Å². The molecule has 0 saturated carbocycles. The number of aromatic nitrogens is 1. The monoisotopic (exact) mass is 238 g/mol. The van der Waals surface area contributed by atoms with Crippen LogP contribution in [-0.4, -0.2) is 23.7 Å². The minimum Gasteiger partial charge on any atom is -0.465 e. The maximum Gasteiger partial charge on any atom is 0.339 e. The Labute approximate surface area is 103 Å². The Hall–Kier alpha value is -1.29. The molecule has 0 spiro atoms. The quantitative estimate of drug-likeness (QED) is 0.812. The summed E-state index contributed by atoms with van der Waals surface area (Å²) in [5.41, 5.74) is 9.60. The smallest absolute Gasteiger partial charge is 0.339 e. The summed E-state index contributed by atoms with van der Waals surface area (Å²) >= 11 is 0. The predicted octanol–water partition coefficient (Wildman–Crippen LogP) is 1.71. The third-order valence-corrected chi connectivity index (χ3v) is 3.35. The van der Waals surface area contributed by atoms with Crippen molar-refractivity contribution in [1.82, 2.24) is 4.57 Å². The number of rotatable bonds is 4. The third-order valence-electron chi connectivity index (χ3n) is 3.35. The van der Waals surface area contributed by atoms with Gasteiger partial charge < -0.3 is 15.0 Å². The topological polar surface area (TPSA) is 57.2 Å². The van der Waals surface area contributed by atoms with Crippen LogP contribution in [0.1, 0.15) is 40.7 Å². The van der Waals surface area contributed by atoms with Crippen LogP contribution in [0, 0.1) is 13.8 Å². The summed E-state index contributed by atoms with van der Waals surface area (Å²) in [6, 6.07) is 0.139. The average Bonchev–Trinajstić information content (AvgIpc) is 2.50. The molecule has 0 aliphatic carbocycles. The molecule has 2 N–H and O–H groups in total. The molecule has 4 heteroatoms. The van der Waals surface area contributed by atoms with Crippen LogP contribution in [-0.2, 0) is 18.2 Å². The van der Waals surface area contributed by atoms with Crippen LogP contribution in [0.5, 0.6) is 0 Å². The molecule has 0 aromatic carbocycles. The largest absolute Gasteiger partial charge is 0.465 e. The van der Waals surface area contributed by atoms with Gasteiger partial charge in [0.25, 0.3) is 0 Å². The van der Waals surface area contributed by atoms with Gasteiger partial charge >= 0.3 is 5.97 Å². The third kappa shape index (κ3) is 2.69. The Balaban J connectivity index is 3.17. The number of carbonyl (C=O) groups is 1. The van der Waals surface area contributed by atoms with E-state index in [9.17, 15) is 4.79 Å².